The van der Waals surface area contributed by atoms with Crippen molar-refractivity contribution >= 4 is 5.97 Å². The Bertz CT molecular complexity index is 744. The Morgan fingerprint density at radius 2 is 2.07 bits per heavy atom. The van der Waals surface area contributed by atoms with Crippen molar-refractivity contribution in [2.75, 3.05) is 13.2 Å². The predicted molar refractivity (Wildman–Crippen MR) is 91.3 cm³/mol. The third-order valence-electron chi connectivity index (χ3n) is 8.13. The quantitative estimate of drug-likeness (QED) is 0.663. The van der Waals surface area contributed by atoms with Gasteiger partial charge in [-0.2, -0.15) is 0 Å². The molecule has 4 fully saturated rings. The van der Waals surface area contributed by atoms with Gasteiger partial charge in [0.15, 0.2) is 0 Å². The van der Waals surface area contributed by atoms with Crippen LogP contribution >= 0.6 is 0 Å². The lowest BCUT2D eigenvalue weighted by Crippen LogP contribution is -2.80. The molecule has 7 heteroatoms. The average molecular weight is 378 g/mol. The van der Waals surface area contributed by atoms with Gasteiger partial charge in [0.2, 0.25) is 0 Å². The molecule has 3 N–H and O–H groups in total. The number of esters is 1. The molecule has 2 spiro atoms. The maximum absolute atomic E-state index is 13.3. The Labute approximate surface area is 157 Å². The van der Waals surface area contributed by atoms with Crippen molar-refractivity contribution in [3.63, 3.8) is 0 Å². The molecule has 148 valence electrons. The van der Waals surface area contributed by atoms with Gasteiger partial charge in [-0.25, -0.2) is 0 Å². The van der Waals surface area contributed by atoms with Crippen LogP contribution in [0, 0.1) is 22.7 Å². The summed E-state index contributed by atoms with van der Waals surface area (Å²) in [5.74, 6) is -0.682. The highest BCUT2D eigenvalue weighted by Crippen LogP contribution is 2.71. The number of rotatable bonds is 2. The van der Waals surface area contributed by atoms with Crippen LogP contribution in [0.2, 0.25) is 0 Å². The number of carbonyl (C=O) groups is 1. The largest absolute Gasteiger partial charge is 0.472 e. The zero-order chi connectivity index (χ0) is 19.0. The first-order valence-corrected chi connectivity index (χ1v) is 9.74. The van der Waals surface area contributed by atoms with Crippen LogP contribution in [-0.2, 0) is 14.3 Å². The predicted octanol–water partition coefficient (Wildman–Crippen LogP) is 1.17. The van der Waals surface area contributed by atoms with Gasteiger partial charge in [-0.15, -0.1) is 0 Å². The van der Waals surface area contributed by atoms with Crippen LogP contribution in [0.15, 0.2) is 23.0 Å². The Morgan fingerprint density at radius 1 is 1.26 bits per heavy atom. The number of hydrogen-bond donors (Lipinski definition) is 3. The van der Waals surface area contributed by atoms with Crippen molar-refractivity contribution in [2.45, 2.75) is 56.5 Å². The number of furan rings is 1. The lowest BCUT2D eigenvalue weighted by atomic mass is 9.39. The van der Waals surface area contributed by atoms with Gasteiger partial charge in [0.05, 0.1) is 48.8 Å². The molecular formula is C20H26O7. The fraction of sp³-hybridized carbons (Fsp3) is 0.750. The minimum absolute atomic E-state index is 0.102. The van der Waals surface area contributed by atoms with Crippen molar-refractivity contribution in [1.82, 2.24) is 0 Å². The van der Waals surface area contributed by atoms with E-state index in [9.17, 15) is 20.1 Å². The standard InChI is InChI=1S/C20H26O7/c1-11-4-16(23)20-10-26-18(20,9-21)6-13(22)5-15(20)19(11)7-14(27-17(19)24)12-2-3-25-8-12/h2-3,8,11,13-16,21-23H,4-7,9-10H2,1H3/t11-,13+,14-,15-,16-,18-,19-,20-/m0/s1. The van der Waals surface area contributed by atoms with Gasteiger partial charge >= 0.3 is 5.97 Å². The second-order valence-corrected chi connectivity index (χ2v) is 8.98. The van der Waals surface area contributed by atoms with E-state index in [0.29, 0.717) is 25.9 Å². The summed E-state index contributed by atoms with van der Waals surface area (Å²) in [5, 5.41) is 31.8. The van der Waals surface area contributed by atoms with E-state index in [2.05, 4.69) is 0 Å². The Kier molecular flexibility index (Phi) is 3.64. The molecule has 2 aliphatic carbocycles. The van der Waals surface area contributed by atoms with Crippen LogP contribution in [0.25, 0.3) is 0 Å². The van der Waals surface area contributed by atoms with E-state index in [-0.39, 0.29) is 30.8 Å². The molecule has 0 unspecified atom stereocenters. The molecule has 2 saturated carbocycles. The highest BCUT2D eigenvalue weighted by Gasteiger charge is 2.78. The molecule has 3 heterocycles. The summed E-state index contributed by atoms with van der Waals surface area (Å²) in [6, 6.07) is 1.80. The van der Waals surface area contributed by atoms with Gasteiger partial charge in [0.1, 0.15) is 11.7 Å². The molecule has 2 aliphatic heterocycles. The molecule has 0 aromatic carbocycles. The number of fused-ring (bicyclic) bond motifs is 1. The zero-order valence-corrected chi connectivity index (χ0v) is 15.3. The zero-order valence-electron chi connectivity index (χ0n) is 15.3. The van der Waals surface area contributed by atoms with E-state index >= 15 is 0 Å². The molecule has 7 nitrogen and oxygen atoms in total. The minimum Gasteiger partial charge on any atom is -0.472 e. The molecule has 5 rings (SSSR count). The van der Waals surface area contributed by atoms with Crippen LogP contribution in [0.1, 0.15) is 44.3 Å². The molecule has 0 bridgehead atoms. The highest BCUT2D eigenvalue weighted by atomic mass is 16.6. The van der Waals surface area contributed by atoms with Crippen LogP contribution in [0.4, 0.5) is 0 Å². The minimum atomic E-state index is -0.990. The highest BCUT2D eigenvalue weighted by molar-refractivity contribution is 5.81. The maximum Gasteiger partial charge on any atom is 0.313 e. The van der Waals surface area contributed by atoms with Crippen molar-refractivity contribution in [3.05, 3.63) is 24.2 Å². The summed E-state index contributed by atoms with van der Waals surface area (Å²) in [6.45, 7) is 2.00. The number of aliphatic hydroxyl groups excluding tert-OH is 3. The molecule has 0 radical (unpaired) electrons. The third-order valence-corrected chi connectivity index (χ3v) is 8.13. The summed E-state index contributed by atoms with van der Waals surface area (Å²) < 4.78 is 16.8. The molecule has 0 amide bonds. The van der Waals surface area contributed by atoms with Gasteiger partial charge in [0, 0.05) is 18.4 Å². The van der Waals surface area contributed by atoms with Crippen LogP contribution < -0.4 is 0 Å². The second kappa shape index (κ2) is 5.56. The summed E-state index contributed by atoms with van der Waals surface area (Å²) in [4.78, 5) is 13.3. The van der Waals surface area contributed by atoms with Crippen molar-refractivity contribution in [3.8, 4) is 0 Å². The average Bonchev–Trinajstić information content (AvgIpc) is 3.24. The maximum atomic E-state index is 13.3. The first-order valence-electron chi connectivity index (χ1n) is 9.74. The third kappa shape index (κ3) is 1.93. The normalized spacial score (nSPS) is 51.4. The number of cyclic esters (lactones) is 1. The van der Waals surface area contributed by atoms with Gasteiger partial charge in [-0.3, -0.25) is 4.79 Å². The number of hydrogen-bond acceptors (Lipinski definition) is 7. The summed E-state index contributed by atoms with van der Waals surface area (Å²) >= 11 is 0. The molecular weight excluding hydrogens is 352 g/mol. The fourth-order valence-corrected chi connectivity index (χ4v) is 6.72. The van der Waals surface area contributed by atoms with E-state index < -0.39 is 34.7 Å². The first kappa shape index (κ1) is 17.7. The van der Waals surface area contributed by atoms with Crippen molar-refractivity contribution in [2.24, 2.45) is 22.7 Å². The molecule has 4 aliphatic rings. The molecule has 2 saturated heterocycles. The molecule has 27 heavy (non-hydrogen) atoms. The Balaban J connectivity index is 1.61. The fourth-order valence-electron chi connectivity index (χ4n) is 6.72. The van der Waals surface area contributed by atoms with Crippen molar-refractivity contribution in [1.29, 1.82) is 0 Å². The Hall–Kier alpha value is -1.41. The van der Waals surface area contributed by atoms with Crippen LogP contribution in [0.5, 0.6) is 0 Å². The molecule has 1 aromatic rings. The summed E-state index contributed by atoms with van der Waals surface area (Å²) in [6.07, 6.45) is 3.00. The first-order chi connectivity index (χ1) is 12.9. The SMILES string of the molecule is C[C@H]1C[C@H](O)[C@@]23CO[C@]2(CO)C[C@H](O)C[C@H]3[C@]12C[C@@H](c1ccoc1)OC2=O. The van der Waals surface area contributed by atoms with E-state index in [4.69, 9.17) is 13.9 Å². The monoisotopic (exact) mass is 378 g/mol. The number of ether oxygens (including phenoxy) is 2. The number of carbonyl (C=O) groups excluding carboxylic acids is 1. The van der Waals surface area contributed by atoms with Crippen molar-refractivity contribution < 1.29 is 34.0 Å². The number of aliphatic hydroxyl groups is 3. The smallest absolute Gasteiger partial charge is 0.313 e. The lowest BCUT2D eigenvalue weighted by molar-refractivity contribution is -0.382. The summed E-state index contributed by atoms with van der Waals surface area (Å²) in [7, 11) is 0. The molecule has 1 aromatic heterocycles. The van der Waals surface area contributed by atoms with Gasteiger partial charge in [-0.1, -0.05) is 6.92 Å². The van der Waals surface area contributed by atoms with Crippen LogP contribution in [0.3, 0.4) is 0 Å². The molecule has 8 atom stereocenters. The van der Waals surface area contributed by atoms with E-state index in [0.717, 1.165) is 5.56 Å². The van der Waals surface area contributed by atoms with Gasteiger partial charge in [0.25, 0.3) is 0 Å². The van der Waals surface area contributed by atoms with Crippen LogP contribution in [-0.4, -0.2) is 52.3 Å². The summed E-state index contributed by atoms with van der Waals surface area (Å²) in [5.41, 5.74) is -1.71. The lowest BCUT2D eigenvalue weighted by Gasteiger charge is -2.71. The van der Waals surface area contributed by atoms with E-state index in [1.54, 1.807) is 18.6 Å². The Morgan fingerprint density at radius 3 is 2.70 bits per heavy atom. The van der Waals surface area contributed by atoms with Gasteiger partial charge in [-0.05, 0) is 30.7 Å². The van der Waals surface area contributed by atoms with Gasteiger partial charge < -0.3 is 29.2 Å². The van der Waals surface area contributed by atoms with E-state index in [1.165, 1.54) is 0 Å². The second-order valence-electron chi connectivity index (χ2n) is 8.98. The van der Waals surface area contributed by atoms with E-state index in [1.807, 2.05) is 6.92 Å². The topological polar surface area (TPSA) is 109 Å².